The first-order chi connectivity index (χ1) is 9.07. The molecule has 1 rings (SSSR count). The van der Waals surface area contributed by atoms with Gasteiger partial charge in [-0.25, -0.2) is 0 Å². The minimum Gasteiger partial charge on any atom is -0.323 e. The zero-order chi connectivity index (χ0) is 16.9. The van der Waals surface area contributed by atoms with Gasteiger partial charge < -0.3 is 4.48 Å². The van der Waals surface area contributed by atoms with Crippen molar-refractivity contribution in [3.05, 3.63) is 29.1 Å². The highest BCUT2D eigenvalue weighted by atomic mass is 15.3. The first-order valence-corrected chi connectivity index (χ1v) is 7.92. The summed E-state index contributed by atoms with van der Waals surface area (Å²) in [5, 5.41) is 0. The fourth-order valence-corrected chi connectivity index (χ4v) is 2.04. The second kappa shape index (κ2) is 5.08. The van der Waals surface area contributed by atoms with Gasteiger partial charge in [0.05, 0.1) is 21.1 Å². The summed E-state index contributed by atoms with van der Waals surface area (Å²) in [6, 6.07) is 4.61. The van der Waals surface area contributed by atoms with Crippen LogP contribution < -0.4 is 0 Å². The number of rotatable bonds is 2. The summed E-state index contributed by atoms with van der Waals surface area (Å²) in [4.78, 5) is 4.96. The normalized spacial score (nSPS) is 14.4. The first kappa shape index (κ1) is 18.2. The Hall–Kier alpha value is -0.890. The molecule has 0 radical (unpaired) electrons. The minimum absolute atomic E-state index is 0.0446. The van der Waals surface area contributed by atoms with Crippen LogP contribution in [-0.4, -0.2) is 30.6 Å². The topological polar surface area (TPSA) is 12.9 Å². The van der Waals surface area contributed by atoms with Crippen LogP contribution >= 0.6 is 0 Å². The molecule has 0 amide bonds. The Balaban J connectivity index is 3.61. The van der Waals surface area contributed by atoms with E-state index in [0.29, 0.717) is 0 Å². The van der Waals surface area contributed by atoms with Crippen LogP contribution in [0.15, 0.2) is 12.1 Å². The van der Waals surface area contributed by atoms with E-state index < -0.39 is 0 Å². The minimum atomic E-state index is 0.0446. The standard InChI is InChI=1S/C19H35N2/c1-17(2,3)15-12-14(19(7,8)21(9,10)11)13-16(20-15)18(4,5)6/h12-13H,1-11H3/q+1. The van der Waals surface area contributed by atoms with Crippen LogP contribution in [0.5, 0.6) is 0 Å². The average molecular weight is 292 g/mol. The lowest BCUT2D eigenvalue weighted by molar-refractivity contribution is -0.927. The molecule has 0 saturated carbocycles. The third-order valence-electron chi connectivity index (χ3n) is 4.75. The highest BCUT2D eigenvalue weighted by Gasteiger charge is 2.37. The summed E-state index contributed by atoms with van der Waals surface area (Å²) in [5.41, 5.74) is 3.93. The molecule has 120 valence electrons. The second-order valence-corrected chi connectivity index (χ2v) is 9.70. The van der Waals surface area contributed by atoms with Crippen molar-refractivity contribution < 1.29 is 4.48 Å². The molecule has 1 aromatic heterocycles. The summed E-state index contributed by atoms with van der Waals surface area (Å²) < 4.78 is 0.893. The van der Waals surface area contributed by atoms with Gasteiger partial charge in [-0.3, -0.25) is 4.98 Å². The number of pyridine rings is 1. The van der Waals surface area contributed by atoms with Gasteiger partial charge >= 0.3 is 0 Å². The predicted molar refractivity (Wildman–Crippen MR) is 92.7 cm³/mol. The number of quaternary nitrogens is 1. The molecule has 1 aromatic rings. The highest BCUT2D eigenvalue weighted by molar-refractivity contribution is 5.32. The fourth-order valence-electron chi connectivity index (χ4n) is 2.04. The Bertz CT molecular complexity index is 474. The Morgan fingerprint density at radius 1 is 0.714 bits per heavy atom. The van der Waals surface area contributed by atoms with E-state index >= 15 is 0 Å². The van der Waals surface area contributed by atoms with Gasteiger partial charge in [-0.15, -0.1) is 0 Å². The molecule has 0 spiro atoms. The molecule has 0 bridgehead atoms. The van der Waals surface area contributed by atoms with Gasteiger partial charge in [0, 0.05) is 27.8 Å². The molecule has 0 aliphatic heterocycles. The van der Waals surface area contributed by atoms with Crippen LogP contribution in [0.25, 0.3) is 0 Å². The van der Waals surface area contributed by atoms with E-state index in [2.05, 4.69) is 88.7 Å². The van der Waals surface area contributed by atoms with Crippen LogP contribution in [0.4, 0.5) is 0 Å². The van der Waals surface area contributed by atoms with Crippen molar-refractivity contribution >= 4 is 0 Å². The second-order valence-electron chi connectivity index (χ2n) is 9.70. The van der Waals surface area contributed by atoms with Gasteiger partial charge in [0.15, 0.2) is 0 Å². The van der Waals surface area contributed by atoms with Crippen molar-refractivity contribution in [1.82, 2.24) is 4.98 Å². The van der Waals surface area contributed by atoms with Crippen molar-refractivity contribution in [2.45, 2.75) is 71.8 Å². The molecular formula is C19H35N2+. The lowest BCUT2D eigenvalue weighted by atomic mass is 9.82. The van der Waals surface area contributed by atoms with Crippen LogP contribution in [-0.2, 0) is 16.4 Å². The zero-order valence-electron chi connectivity index (χ0n) is 16.0. The van der Waals surface area contributed by atoms with Gasteiger partial charge in [-0.2, -0.15) is 0 Å². The molecule has 0 fully saturated rings. The molecule has 21 heavy (non-hydrogen) atoms. The van der Waals surface area contributed by atoms with Crippen molar-refractivity contribution in [3.8, 4) is 0 Å². The van der Waals surface area contributed by atoms with Gasteiger partial charge in [-0.1, -0.05) is 41.5 Å². The van der Waals surface area contributed by atoms with E-state index in [1.54, 1.807) is 0 Å². The largest absolute Gasteiger partial charge is 0.323 e. The van der Waals surface area contributed by atoms with E-state index in [1.807, 2.05) is 0 Å². The Morgan fingerprint density at radius 3 is 1.29 bits per heavy atom. The molecule has 1 heterocycles. The molecule has 0 N–H and O–H groups in total. The maximum absolute atomic E-state index is 4.96. The Labute approximate surface area is 132 Å². The van der Waals surface area contributed by atoms with Crippen LogP contribution in [0.1, 0.15) is 72.3 Å². The van der Waals surface area contributed by atoms with Crippen LogP contribution in [0, 0.1) is 0 Å². The molecule has 2 heteroatoms. The van der Waals surface area contributed by atoms with Crippen molar-refractivity contribution in [2.24, 2.45) is 0 Å². The summed E-state index contributed by atoms with van der Waals surface area (Å²) in [6.45, 7) is 18.1. The summed E-state index contributed by atoms with van der Waals surface area (Å²) in [7, 11) is 6.77. The Morgan fingerprint density at radius 2 is 1.05 bits per heavy atom. The van der Waals surface area contributed by atoms with E-state index in [-0.39, 0.29) is 16.4 Å². The quantitative estimate of drug-likeness (QED) is 0.725. The monoisotopic (exact) mass is 291 g/mol. The third kappa shape index (κ3) is 3.85. The highest BCUT2D eigenvalue weighted by Crippen LogP contribution is 2.35. The predicted octanol–water partition coefficient (Wildman–Crippen LogP) is 4.62. The lowest BCUT2D eigenvalue weighted by Gasteiger charge is -2.42. The molecule has 0 aliphatic carbocycles. The number of aromatic nitrogens is 1. The number of nitrogens with zero attached hydrogens (tertiary/aromatic N) is 2. The van der Waals surface area contributed by atoms with Gasteiger partial charge in [-0.05, 0) is 26.0 Å². The molecular weight excluding hydrogens is 256 g/mol. The van der Waals surface area contributed by atoms with Crippen molar-refractivity contribution in [3.63, 3.8) is 0 Å². The van der Waals surface area contributed by atoms with Crippen LogP contribution in [0.2, 0.25) is 0 Å². The van der Waals surface area contributed by atoms with Crippen molar-refractivity contribution in [1.29, 1.82) is 0 Å². The molecule has 0 atom stereocenters. The zero-order valence-corrected chi connectivity index (χ0v) is 16.0. The summed E-state index contributed by atoms with van der Waals surface area (Å²) >= 11 is 0. The van der Waals surface area contributed by atoms with E-state index in [4.69, 9.17) is 4.98 Å². The van der Waals surface area contributed by atoms with Gasteiger partial charge in [0.25, 0.3) is 0 Å². The summed E-state index contributed by atoms with van der Waals surface area (Å²) in [6.07, 6.45) is 0. The van der Waals surface area contributed by atoms with Gasteiger partial charge in [0.1, 0.15) is 5.54 Å². The molecule has 2 nitrogen and oxygen atoms in total. The molecule has 0 aromatic carbocycles. The summed E-state index contributed by atoms with van der Waals surface area (Å²) in [5.74, 6) is 0. The van der Waals surface area contributed by atoms with Crippen molar-refractivity contribution in [2.75, 3.05) is 21.1 Å². The number of hydrogen-bond donors (Lipinski definition) is 0. The number of hydrogen-bond acceptors (Lipinski definition) is 1. The Kier molecular flexibility index (Phi) is 4.40. The van der Waals surface area contributed by atoms with E-state index in [0.717, 1.165) is 4.48 Å². The smallest absolute Gasteiger partial charge is 0.119 e. The maximum atomic E-state index is 4.96. The molecule has 0 saturated heterocycles. The third-order valence-corrected chi connectivity index (χ3v) is 4.75. The van der Waals surface area contributed by atoms with Gasteiger partial charge in [0.2, 0.25) is 0 Å². The maximum Gasteiger partial charge on any atom is 0.119 e. The molecule has 0 unspecified atom stereocenters. The lowest BCUT2D eigenvalue weighted by Crippen LogP contribution is -2.50. The molecule has 0 aliphatic rings. The average Bonchev–Trinajstić information content (AvgIpc) is 2.24. The van der Waals surface area contributed by atoms with Crippen LogP contribution in [0.3, 0.4) is 0 Å². The fraction of sp³-hybridized carbons (Fsp3) is 0.737. The van der Waals surface area contributed by atoms with E-state index in [9.17, 15) is 0 Å². The SMILES string of the molecule is CC(C)(C)c1cc(C(C)(C)[N+](C)(C)C)cc(C(C)(C)C)n1. The van der Waals surface area contributed by atoms with E-state index in [1.165, 1.54) is 17.0 Å². The first-order valence-electron chi connectivity index (χ1n) is 7.92.